The van der Waals surface area contributed by atoms with E-state index >= 15 is 0 Å². The molecule has 1 aromatic rings. The number of carbonyl (C=O) groups excluding carboxylic acids is 2. The molecule has 0 heterocycles. The van der Waals surface area contributed by atoms with E-state index in [2.05, 4.69) is 5.32 Å². The average Bonchev–Trinajstić information content (AvgIpc) is 3.20. The van der Waals surface area contributed by atoms with Crippen molar-refractivity contribution in [3.05, 3.63) is 34.3 Å². The lowest BCUT2D eigenvalue weighted by molar-refractivity contribution is -0.123. The Morgan fingerprint density at radius 2 is 2.10 bits per heavy atom. The zero-order valence-electron chi connectivity index (χ0n) is 11.5. The fourth-order valence-electron chi connectivity index (χ4n) is 2.33. The second kappa shape index (κ2) is 5.83. The molecule has 1 saturated carbocycles. The first kappa shape index (κ1) is 14.9. The van der Waals surface area contributed by atoms with Gasteiger partial charge in [0, 0.05) is 18.5 Å². The molecular weight excluding hydrogens is 276 g/mol. The average molecular weight is 295 g/mol. The molecule has 0 bridgehead atoms. The van der Waals surface area contributed by atoms with Crippen LogP contribution in [-0.2, 0) is 22.4 Å². The molecule has 3 N–H and O–H groups in total. The number of hydrogen-bond acceptors (Lipinski definition) is 2. The van der Waals surface area contributed by atoms with E-state index in [4.69, 9.17) is 17.3 Å². The smallest absolute Gasteiger partial charge is 0.223 e. The van der Waals surface area contributed by atoms with Crippen LogP contribution in [-0.4, -0.2) is 18.9 Å². The molecule has 108 valence electrons. The molecule has 0 aliphatic heterocycles. The normalized spacial score (nSPS) is 15.7. The van der Waals surface area contributed by atoms with Crippen LogP contribution < -0.4 is 11.1 Å². The second-order valence-electron chi connectivity index (χ2n) is 5.42. The number of nitrogens with one attached hydrogen (secondary N) is 1. The van der Waals surface area contributed by atoms with Gasteiger partial charge in [0.2, 0.25) is 11.8 Å². The minimum absolute atomic E-state index is 0.0114. The van der Waals surface area contributed by atoms with Crippen LogP contribution in [0.25, 0.3) is 0 Å². The summed E-state index contributed by atoms with van der Waals surface area (Å²) in [5, 5.41) is 3.25. The third-order valence-electron chi connectivity index (χ3n) is 3.93. The summed E-state index contributed by atoms with van der Waals surface area (Å²) in [6.45, 7) is 0. The van der Waals surface area contributed by atoms with Gasteiger partial charge in [-0.1, -0.05) is 23.7 Å². The lowest BCUT2D eigenvalue weighted by Crippen LogP contribution is -2.26. The van der Waals surface area contributed by atoms with Crippen LogP contribution in [0.5, 0.6) is 0 Å². The van der Waals surface area contributed by atoms with Crippen molar-refractivity contribution in [2.45, 2.75) is 32.1 Å². The highest BCUT2D eigenvalue weighted by Crippen LogP contribution is 2.48. The second-order valence-corrected chi connectivity index (χ2v) is 5.83. The predicted molar refractivity (Wildman–Crippen MR) is 78.4 cm³/mol. The Morgan fingerprint density at radius 1 is 1.40 bits per heavy atom. The Morgan fingerprint density at radius 3 is 2.65 bits per heavy atom. The monoisotopic (exact) mass is 294 g/mol. The minimum atomic E-state index is -0.400. The number of rotatable bonds is 6. The summed E-state index contributed by atoms with van der Waals surface area (Å²) >= 11 is 6.19. The zero-order chi connectivity index (χ0) is 14.8. The van der Waals surface area contributed by atoms with Gasteiger partial charge >= 0.3 is 0 Å². The van der Waals surface area contributed by atoms with Crippen molar-refractivity contribution >= 4 is 23.4 Å². The highest BCUT2D eigenvalue weighted by Gasteiger charge is 2.48. The lowest BCUT2D eigenvalue weighted by atomic mass is 9.94. The largest absolute Gasteiger partial charge is 0.369 e. The third-order valence-corrected chi connectivity index (χ3v) is 4.30. The Balaban J connectivity index is 2.09. The van der Waals surface area contributed by atoms with E-state index in [1.807, 2.05) is 18.2 Å². The Hall–Kier alpha value is -1.55. The maximum atomic E-state index is 11.5. The fraction of sp³-hybridized carbons (Fsp3) is 0.467. The van der Waals surface area contributed by atoms with Gasteiger partial charge in [0.25, 0.3) is 0 Å². The van der Waals surface area contributed by atoms with E-state index in [0.717, 1.165) is 24.0 Å². The van der Waals surface area contributed by atoms with Crippen LogP contribution in [0.15, 0.2) is 18.2 Å². The van der Waals surface area contributed by atoms with E-state index in [0.29, 0.717) is 24.3 Å². The van der Waals surface area contributed by atoms with Crippen LogP contribution in [0.3, 0.4) is 0 Å². The van der Waals surface area contributed by atoms with Crippen LogP contribution in [0.2, 0.25) is 5.02 Å². The fourth-order valence-corrected chi connectivity index (χ4v) is 2.51. The number of halogens is 1. The van der Waals surface area contributed by atoms with Crippen molar-refractivity contribution in [2.24, 2.45) is 11.1 Å². The van der Waals surface area contributed by atoms with Gasteiger partial charge in [-0.2, -0.15) is 0 Å². The van der Waals surface area contributed by atoms with Gasteiger partial charge in [-0.05, 0) is 42.9 Å². The molecule has 0 unspecified atom stereocenters. The molecule has 1 aliphatic rings. The van der Waals surface area contributed by atoms with Crippen LogP contribution >= 0.6 is 11.6 Å². The summed E-state index contributed by atoms with van der Waals surface area (Å²) in [5.74, 6) is -0.235. The zero-order valence-corrected chi connectivity index (χ0v) is 12.3. The van der Waals surface area contributed by atoms with Gasteiger partial charge < -0.3 is 11.1 Å². The standard InChI is InChI=1S/C15H19ClN2O2/c1-18-13(19)5-3-10-2-4-12(16)11(8-10)9-15(6-7-15)14(17)20/h2,4,8H,3,5-7,9H2,1H3,(H2,17,20)(H,18,19). The van der Waals surface area contributed by atoms with Gasteiger partial charge in [-0.15, -0.1) is 0 Å². The van der Waals surface area contributed by atoms with Gasteiger partial charge in [0.15, 0.2) is 0 Å². The SMILES string of the molecule is CNC(=O)CCc1ccc(Cl)c(CC2(C(N)=O)CC2)c1. The Bertz CT molecular complexity index is 539. The number of nitrogens with two attached hydrogens (primary N) is 1. The van der Waals surface area contributed by atoms with E-state index < -0.39 is 5.41 Å². The molecule has 2 rings (SSSR count). The van der Waals surface area contributed by atoms with E-state index in [9.17, 15) is 9.59 Å². The number of aryl methyl sites for hydroxylation is 1. The summed E-state index contributed by atoms with van der Waals surface area (Å²) in [6.07, 6.45) is 3.36. The highest BCUT2D eigenvalue weighted by molar-refractivity contribution is 6.31. The summed E-state index contributed by atoms with van der Waals surface area (Å²) in [4.78, 5) is 22.7. The van der Waals surface area contributed by atoms with Crippen LogP contribution in [0.1, 0.15) is 30.4 Å². The van der Waals surface area contributed by atoms with E-state index in [1.54, 1.807) is 7.05 Å². The number of carbonyl (C=O) groups is 2. The third kappa shape index (κ3) is 3.31. The molecule has 0 atom stereocenters. The molecule has 1 aliphatic carbocycles. The number of benzene rings is 1. The molecule has 1 fully saturated rings. The molecule has 5 heteroatoms. The molecule has 2 amide bonds. The van der Waals surface area contributed by atoms with Gasteiger partial charge in [0.05, 0.1) is 5.41 Å². The quantitative estimate of drug-likeness (QED) is 0.840. The molecule has 0 spiro atoms. The highest BCUT2D eigenvalue weighted by atomic mass is 35.5. The van der Waals surface area contributed by atoms with E-state index in [-0.39, 0.29) is 11.8 Å². The topological polar surface area (TPSA) is 72.2 Å². The summed E-state index contributed by atoms with van der Waals surface area (Å²) in [6, 6.07) is 5.72. The van der Waals surface area contributed by atoms with Gasteiger partial charge in [0.1, 0.15) is 0 Å². The summed E-state index contributed by atoms with van der Waals surface area (Å²) in [5.41, 5.74) is 7.04. The van der Waals surface area contributed by atoms with Crippen LogP contribution in [0, 0.1) is 5.41 Å². The van der Waals surface area contributed by atoms with Crippen molar-refractivity contribution in [1.82, 2.24) is 5.32 Å². The molecule has 20 heavy (non-hydrogen) atoms. The maximum absolute atomic E-state index is 11.5. The van der Waals surface area contributed by atoms with Crippen molar-refractivity contribution in [1.29, 1.82) is 0 Å². The van der Waals surface area contributed by atoms with E-state index in [1.165, 1.54) is 0 Å². The maximum Gasteiger partial charge on any atom is 0.223 e. The number of primary amides is 1. The summed E-state index contributed by atoms with van der Waals surface area (Å²) < 4.78 is 0. The van der Waals surface area contributed by atoms with Gasteiger partial charge in [-0.3, -0.25) is 9.59 Å². The van der Waals surface area contributed by atoms with Crippen molar-refractivity contribution in [3.63, 3.8) is 0 Å². The molecule has 1 aromatic carbocycles. The first-order valence-electron chi connectivity index (χ1n) is 6.75. The first-order valence-corrected chi connectivity index (χ1v) is 7.12. The molecular formula is C15H19ClN2O2. The number of amides is 2. The summed E-state index contributed by atoms with van der Waals surface area (Å²) in [7, 11) is 1.62. The molecule has 0 radical (unpaired) electrons. The minimum Gasteiger partial charge on any atom is -0.369 e. The van der Waals surface area contributed by atoms with Crippen molar-refractivity contribution in [3.8, 4) is 0 Å². The Kier molecular flexibility index (Phi) is 4.33. The van der Waals surface area contributed by atoms with Crippen molar-refractivity contribution < 1.29 is 9.59 Å². The Labute approximate surface area is 123 Å². The molecule has 0 aromatic heterocycles. The number of hydrogen-bond donors (Lipinski definition) is 2. The lowest BCUT2D eigenvalue weighted by Gasteiger charge is -2.13. The first-order chi connectivity index (χ1) is 9.47. The van der Waals surface area contributed by atoms with Crippen molar-refractivity contribution in [2.75, 3.05) is 7.05 Å². The predicted octanol–water partition coefficient (Wildman–Crippen LogP) is 1.83. The van der Waals surface area contributed by atoms with Crippen LogP contribution in [0.4, 0.5) is 0 Å². The molecule has 4 nitrogen and oxygen atoms in total. The van der Waals surface area contributed by atoms with Gasteiger partial charge in [-0.25, -0.2) is 0 Å². The molecule has 0 saturated heterocycles.